The number of nitrogens with zero attached hydrogens (tertiary/aromatic N) is 1. The van der Waals surface area contributed by atoms with E-state index in [2.05, 4.69) is 5.32 Å². The number of hydrogen-bond acceptors (Lipinski definition) is 4. The summed E-state index contributed by atoms with van der Waals surface area (Å²) in [5.74, 6) is -3.21. The first-order chi connectivity index (χ1) is 17.1. The number of piperidine rings is 2. The van der Waals surface area contributed by atoms with Gasteiger partial charge in [0.15, 0.2) is 11.6 Å². The molecule has 1 N–H and O–H groups in total. The molecule has 1 unspecified atom stereocenters. The maximum atomic E-state index is 14.4. The lowest BCUT2D eigenvalue weighted by molar-refractivity contribution is -0.271. The number of rotatable bonds is 5. The standard InChI is InChI=1S/C26H29F5N2O3/c1-35-22-15-21(28)20(27)14-18(22)19-16-32-11-8-24(19)9-12-33(13-10-24)23(34)25(36-2,26(29,30)31)17-6-4-3-5-7-17/h3-7,14-15,19,32H,8-13,16H2,1-2H3/t19?,25-/m1/s1. The van der Waals surface area contributed by atoms with Gasteiger partial charge in [-0.25, -0.2) is 8.78 Å². The second-order valence-corrected chi connectivity index (χ2v) is 9.42. The van der Waals surface area contributed by atoms with Crippen molar-refractivity contribution >= 4 is 5.91 Å². The van der Waals surface area contributed by atoms with Gasteiger partial charge in [-0.2, -0.15) is 13.2 Å². The van der Waals surface area contributed by atoms with Crippen LogP contribution in [-0.2, 0) is 15.1 Å². The highest BCUT2D eigenvalue weighted by atomic mass is 19.4. The normalized spacial score (nSPS) is 21.8. The van der Waals surface area contributed by atoms with E-state index >= 15 is 0 Å². The molecule has 0 saturated carbocycles. The smallest absolute Gasteiger partial charge is 0.430 e. The summed E-state index contributed by atoms with van der Waals surface area (Å²) < 4.78 is 81.5. The largest absolute Gasteiger partial charge is 0.496 e. The van der Waals surface area contributed by atoms with Gasteiger partial charge in [0, 0.05) is 49.9 Å². The third-order valence-electron chi connectivity index (χ3n) is 7.77. The molecule has 2 aromatic carbocycles. The molecule has 2 aliphatic heterocycles. The fourth-order valence-corrected chi connectivity index (χ4v) is 5.79. The van der Waals surface area contributed by atoms with Crippen molar-refractivity contribution in [3.63, 3.8) is 0 Å². The van der Waals surface area contributed by atoms with Gasteiger partial charge in [-0.15, -0.1) is 0 Å². The summed E-state index contributed by atoms with van der Waals surface area (Å²) in [7, 11) is 2.27. The van der Waals surface area contributed by atoms with Gasteiger partial charge in [0.1, 0.15) is 5.75 Å². The monoisotopic (exact) mass is 512 g/mol. The summed E-state index contributed by atoms with van der Waals surface area (Å²) >= 11 is 0. The van der Waals surface area contributed by atoms with Crippen LogP contribution >= 0.6 is 0 Å². The van der Waals surface area contributed by atoms with Crippen LogP contribution in [0.4, 0.5) is 22.0 Å². The minimum Gasteiger partial charge on any atom is -0.496 e. The molecular weight excluding hydrogens is 483 g/mol. The molecule has 1 spiro atoms. The quantitative estimate of drug-likeness (QED) is 0.587. The van der Waals surface area contributed by atoms with Gasteiger partial charge in [-0.3, -0.25) is 4.79 Å². The molecule has 2 atom stereocenters. The molecule has 2 fully saturated rings. The zero-order valence-corrected chi connectivity index (χ0v) is 20.1. The molecule has 36 heavy (non-hydrogen) atoms. The lowest BCUT2D eigenvalue weighted by Crippen LogP contribution is -2.59. The predicted octanol–water partition coefficient (Wildman–Crippen LogP) is 4.76. The zero-order chi connectivity index (χ0) is 26.1. The average molecular weight is 513 g/mol. The van der Waals surface area contributed by atoms with Crippen molar-refractivity contribution in [1.29, 1.82) is 0 Å². The topological polar surface area (TPSA) is 50.8 Å². The maximum Gasteiger partial charge on any atom is 0.430 e. The summed E-state index contributed by atoms with van der Waals surface area (Å²) in [4.78, 5) is 14.7. The Balaban J connectivity index is 1.63. The lowest BCUT2D eigenvalue weighted by Gasteiger charge is -2.51. The molecular formula is C26H29F5N2O3. The molecule has 2 aromatic rings. The Labute approximate surface area is 206 Å². The van der Waals surface area contributed by atoms with Crippen LogP contribution < -0.4 is 10.1 Å². The van der Waals surface area contributed by atoms with Gasteiger partial charge in [-0.05, 0) is 37.3 Å². The van der Waals surface area contributed by atoms with E-state index in [1.165, 1.54) is 36.3 Å². The minimum atomic E-state index is -4.98. The highest BCUT2D eigenvalue weighted by molar-refractivity contribution is 5.88. The van der Waals surface area contributed by atoms with Crippen molar-refractivity contribution in [3.8, 4) is 5.75 Å². The van der Waals surface area contributed by atoms with Crippen LogP contribution in [0.25, 0.3) is 0 Å². The Morgan fingerprint density at radius 2 is 1.67 bits per heavy atom. The Morgan fingerprint density at radius 1 is 1.03 bits per heavy atom. The Bertz CT molecular complexity index is 1090. The summed E-state index contributed by atoms with van der Waals surface area (Å²) in [5, 5.41) is 3.28. The number of ether oxygens (including phenoxy) is 2. The van der Waals surface area contributed by atoms with Gasteiger partial charge in [0.2, 0.25) is 0 Å². The number of alkyl halides is 3. The van der Waals surface area contributed by atoms with Crippen LogP contribution in [0, 0.1) is 17.0 Å². The van der Waals surface area contributed by atoms with Crippen molar-refractivity contribution in [1.82, 2.24) is 10.2 Å². The fourth-order valence-electron chi connectivity index (χ4n) is 5.79. The number of halogens is 5. The summed E-state index contributed by atoms with van der Waals surface area (Å²) in [6.45, 7) is 1.31. The van der Waals surface area contributed by atoms with Crippen LogP contribution in [0.3, 0.4) is 0 Å². The highest BCUT2D eigenvalue weighted by Crippen LogP contribution is 2.52. The Morgan fingerprint density at radius 3 is 2.25 bits per heavy atom. The third-order valence-corrected chi connectivity index (χ3v) is 7.77. The van der Waals surface area contributed by atoms with Crippen LogP contribution in [-0.4, -0.2) is 57.4 Å². The molecule has 0 aromatic heterocycles. The SMILES string of the molecule is COc1cc(F)c(F)cc1C1CNCCC12CCN(C(=O)[C@](OC)(c1ccccc1)C(F)(F)F)CC2. The van der Waals surface area contributed by atoms with E-state index in [0.717, 1.165) is 19.2 Å². The molecule has 2 aliphatic rings. The lowest BCUT2D eigenvalue weighted by atomic mass is 9.62. The van der Waals surface area contributed by atoms with Crippen molar-refractivity contribution in [2.45, 2.75) is 37.0 Å². The summed E-state index contributed by atoms with van der Waals surface area (Å²) in [6, 6.07) is 9.06. The number of nitrogens with one attached hydrogen (secondary N) is 1. The van der Waals surface area contributed by atoms with Crippen LogP contribution in [0.15, 0.2) is 42.5 Å². The number of carbonyl (C=O) groups excluding carboxylic acids is 1. The van der Waals surface area contributed by atoms with E-state index in [4.69, 9.17) is 9.47 Å². The number of methoxy groups -OCH3 is 2. The van der Waals surface area contributed by atoms with Crippen LogP contribution in [0.2, 0.25) is 0 Å². The molecule has 0 aliphatic carbocycles. The van der Waals surface area contributed by atoms with Crippen LogP contribution in [0.1, 0.15) is 36.3 Å². The maximum absolute atomic E-state index is 14.4. The number of carbonyl (C=O) groups is 1. The van der Waals surface area contributed by atoms with Crippen molar-refractivity contribution in [3.05, 3.63) is 65.2 Å². The van der Waals surface area contributed by atoms with Gasteiger partial charge < -0.3 is 19.7 Å². The minimum absolute atomic E-state index is 0.0787. The first kappa shape index (κ1) is 26.3. The van der Waals surface area contributed by atoms with Gasteiger partial charge in [-0.1, -0.05) is 30.3 Å². The van der Waals surface area contributed by atoms with E-state index in [1.54, 1.807) is 6.07 Å². The highest BCUT2D eigenvalue weighted by Gasteiger charge is 2.64. The summed E-state index contributed by atoms with van der Waals surface area (Å²) in [5.41, 5.74) is -3.30. The van der Waals surface area contributed by atoms with Crippen molar-refractivity contribution < 1.29 is 36.2 Å². The second-order valence-electron chi connectivity index (χ2n) is 9.42. The molecule has 1 amide bonds. The van der Waals surface area contributed by atoms with Crippen molar-refractivity contribution in [2.24, 2.45) is 5.41 Å². The van der Waals surface area contributed by atoms with E-state index in [-0.39, 0.29) is 30.3 Å². The first-order valence-electron chi connectivity index (χ1n) is 11.8. The van der Waals surface area contributed by atoms with Gasteiger partial charge in [0.25, 0.3) is 11.5 Å². The molecule has 2 saturated heterocycles. The average Bonchev–Trinajstić information content (AvgIpc) is 2.87. The molecule has 0 radical (unpaired) electrons. The van der Waals surface area contributed by atoms with E-state index in [1.807, 2.05) is 0 Å². The fraction of sp³-hybridized carbons (Fsp3) is 0.500. The van der Waals surface area contributed by atoms with Gasteiger partial charge in [0.05, 0.1) is 7.11 Å². The molecule has 4 rings (SSSR count). The van der Waals surface area contributed by atoms with Crippen molar-refractivity contribution in [2.75, 3.05) is 40.4 Å². The molecule has 196 valence electrons. The Kier molecular flexibility index (Phi) is 7.30. The number of benzene rings is 2. The number of likely N-dealkylation sites (tertiary alicyclic amines) is 1. The summed E-state index contributed by atoms with van der Waals surface area (Å²) in [6.07, 6.45) is -3.50. The van der Waals surface area contributed by atoms with E-state index < -0.39 is 34.7 Å². The molecule has 0 bridgehead atoms. The van der Waals surface area contributed by atoms with E-state index in [9.17, 15) is 26.7 Å². The molecule has 10 heteroatoms. The second kappa shape index (κ2) is 9.97. The molecule has 2 heterocycles. The Hall–Kier alpha value is -2.72. The first-order valence-corrected chi connectivity index (χ1v) is 11.8. The number of amides is 1. The molecule has 5 nitrogen and oxygen atoms in total. The van der Waals surface area contributed by atoms with E-state index in [0.29, 0.717) is 37.9 Å². The van der Waals surface area contributed by atoms with Crippen LogP contribution in [0.5, 0.6) is 5.75 Å². The zero-order valence-electron chi connectivity index (χ0n) is 20.1. The predicted molar refractivity (Wildman–Crippen MR) is 123 cm³/mol. The van der Waals surface area contributed by atoms with Gasteiger partial charge >= 0.3 is 6.18 Å². The number of hydrogen-bond donors (Lipinski definition) is 1. The third kappa shape index (κ3) is 4.34.